The van der Waals surface area contributed by atoms with Gasteiger partial charge in [0.25, 0.3) is 0 Å². The summed E-state index contributed by atoms with van der Waals surface area (Å²) in [5, 5.41) is 6.99. The molecule has 1 aromatic heterocycles. The first-order chi connectivity index (χ1) is 7.81. The topological polar surface area (TPSA) is 60.2 Å². The van der Waals surface area contributed by atoms with Crippen LogP contribution in [0.5, 0.6) is 0 Å². The summed E-state index contributed by atoms with van der Waals surface area (Å²) in [6.45, 7) is 7.68. The summed E-state index contributed by atoms with van der Waals surface area (Å²) in [5.74, 6) is 0.641. The molecule has 1 rings (SSSR count). The molecule has 0 aliphatic rings. The molecule has 0 bridgehead atoms. The van der Waals surface area contributed by atoms with Crippen LogP contribution < -0.4 is 5.32 Å². The molecule has 5 nitrogen and oxygen atoms in total. The Morgan fingerprint density at radius 1 is 1.31 bits per heavy atom. The van der Waals surface area contributed by atoms with Gasteiger partial charge >= 0.3 is 6.01 Å². The molecule has 1 atom stereocenters. The average Bonchev–Trinajstić information content (AvgIpc) is 2.74. The molecule has 1 aromatic rings. The quantitative estimate of drug-likeness (QED) is 0.740. The zero-order chi connectivity index (χ0) is 11.8. The van der Waals surface area contributed by atoms with Gasteiger partial charge in [0.05, 0.1) is 0 Å². The molecule has 1 heterocycles. The van der Waals surface area contributed by atoms with Crippen LogP contribution in [0.3, 0.4) is 0 Å². The van der Waals surface area contributed by atoms with Crippen molar-refractivity contribution in [3.8, 4) is 0 Å². The van der Waals surface area contributed by atoms with E-state index >= 15 is 0 Å². The second kappa shape index (κ2) is 7.22. The molecule has 16 heavy (non-hydrogen) atoms. The Labute approximate surface area is 96.6 Å². The molecule has 0 amide bonds. The lowest BCUT2D eigenvalue weighted by Crippen LogP contribution is -2.06. The smallest absolute Gasteiger partial charge is 0.321 e. The maximum absolute atomic E-state index is 5.57. The van der Waals surface area contributed by atoms with Gasteiger partial charge in [0.1, 0.15) is 6.10 Å². The van der Waals surface area contributed by atoms with Gasteiger partial charge in [0.2, 0.25) is 5.82 Å². The Kier molecular flexibility index (Phi) is 5.85. The summed E-state index contributed by atoms with van der Waals surface area (Å²) in [4.78, 5) is 4.27. The number of nitrogens with one attached hydrogen (secondary N) is 1. The monoisotopic (exact) mass is 227 g/mol. The second-order valence-electron chi connectivity index (χ2n) is 3.62. The van der Waals surface area contributed by atoms with Crippen molar-refractivity contribution >= 4 is 6.01 Å². The standard InChI is InChI=1S/C11H21N3O2/c1-4-7-9(15-6-3)10-13-11(16-14-10)12-8-5-2/h9H,4-8H2,1-3H3,(H,12,13,14). The maximum atomic E-state index is 5.57. The van der Waals surface area contributed by atoms with E-state index in [0.29, 0.717) is 18.4 Å². The highest BCUT2D eigenvalue weighted by Gasteiger charge is 2.17. The Balaban J connectivity index is 2.58. The van der Waals surface area contributed by atoms with Crippen molar-refractivity contribution < 1.29 is 9.26 Å². The zero-order valence-corrected chi connectivity index (χ0v) is 10.3. The molecule has 1 unspecified atom stereocenters. The van der Waals surface area contributed by atoms with Crippen LogP contribution in [0.4, 0.5) is 6.01 Å². The van der Waals surface area contributed by atoms with E-state index in [1.54, 1.807) is 0 Å². The molecule has 0 aliphatic heterocycles. The summed E-state index contributed by atoms with van der Waals surface area (Å²) in [6, 6.07) is 0.484. The molecular weight excluding hydrogens is 206 g/mol. The lowest BCUT2D eigenvalue weighted by Gasteiger charge is -2.10. The van der Waals surface area contributed by atoms with Crippen LogP contribution >= 0.6 is 0 Å². The highest BCUT2D eigenvalue weighted by Crippen LogP contribution is 2.20. The molecule has 0 spiro atoms. The minimum atomic E-state index is -0.0454. The van der Waals surface area contributed by atoms with Crippen LogP contribution in [-0.4, -0.2) is 23.3 Å². The molecule has 0 aromatic carbocycles. The molecule has 0 saturated carbocycles. The molecule has 0 aliphatic carbocycles. The Morgan fingerprint density at radius 3 is 2.75 bits per heavy atom. The summed E-state index contributed by atoms with van der Waals surface area (Å²) >= 11 is 0. The lowest BCUT2D eigenvalue weighted by molar-refractivity contribution is 0.0478. The van der Waals surface area contributed by atoms with E-state index in [9.17, 15) is 0 Å². The van der Waals surface area contributed by atoms with Crippen molar-refractivity contribution in [2.45, 2.75) is 46.1 Å². The largest absolute Gasteiger partial charge is 0.370 e. The number of hydrogen-bond donors (Lipinski definition) is 1. The van der Waals surface area contributed by atoms with Crippen LogP contribution in [0.25, 0.3) is 0 Å². The van der Waals surface area contributed by atoms with Crippen molar-refractivity contribution in [3.05, 3.63) is 5.82 Å². The van der Waals surface area contributed by atoms with Gasteiger partial charge in [-0.2, -0.15) is 4.98 Å². The fourth-order valence-corrected chi connectivity index (χ4v) is 1.42. The number of ether oxygens (including phenoxy) is 1. The molecule has 1 N–H and O–H groups in total. The third kappa shape index (κ3) is 3.81. The predicted molar refractivity (Wildman–Crippen MR) is 62.4 cm³/mol. The van der Waals surface area contributed by atoms with Crippen LogP contribution in [0.15, 0.2) is 4.52 Å². The molecule has 0 radical (unpaired) electrons. The molecule has 0 saturated heterocycles. The van der Waals surface area contributed by atoms with Gasteiger partial charge in [0.15, 0.2) is 0 Å². The summed E-state index contributed by atoms with van der Waals surface area (Å²) in [5.41, 5.74) is 0. The van der Waals surface area contributed by atoms with Crippen LogP contribution in [0.2, 0.25) is 0 Å². The highest BCUT2D eigenvalue weighted by molar-refractivity contribution is 5.18. The third-order valence-electron chi connectivity index (χ3n) is 2.17. The minimum absolute atomic E-state index is 0.0454. The van der Waals surface area contributed by atoms with Crippen molar-refractivity contribution in [2.75, 3.05) is 18.5 Å². The maximum Gasteiger partial charge on any atom is 0.321 e. The van der Waals surface area contributed by atoms with Crippen molar-refractivity contribution in [2.24, 2.45) is 0 Å². The molecule has 92 valence electrons. The fraction of sp³-hybridized carbons (Fsp3) is 0.818. The normalized spacial score (nSPS) is 12.7. The third-order valence-corrected chi connectivity index (χ3v) is 2.17. The SMILES string of the molecule is CCCNc1nc(C(CCC)OCC)no1. The van der Waals surface area contributed by atoms with E-state index in [4.69, 9.17) is 9.26 Å². The number of anilines is 1. The van der Waals surface area contributed by atoms with E-state index < -0.39 is 0 Å². The number of aromatic nitrogens is 2. The van der Waals surface area contributed by atoms with Gasteiger partial charge < -0.3 is 14.6 Å². The Hall–Kier alpha value is -1.10. The van der Waals surface area contributed by atoms with E-state index in [1.807, 2.05) is 6.92 Å². The first-order valence-corrected chi connectivity index (χ1v) is 6.00. The summed E-state index contributed by atoms with van der Waals surface area (Å²) in [6.07, 6.45) is 2.94. The van der Waals surface area contributed by atoms with Gasteiger partial charge in [-0.15, -0.1) is 0 Å². The molecule has 0 fully saturated rings. The van der Waals surface area contributed by atoms with Gasteiger partial charge in [0, 0.05) is 13.2 Å². The van der Waals surface area contributed by atoms with Crippen LogP contribution in [0, 0.1) is 0 Å². The average molecular weight is 227 g/mol. The number of hydrogen-bond acceptors (Lipinski definition) is 5. The van der Waals surface area contributed by atoms with E-state index in [-0.39, 0.29) is 6.10 Å². The molecule has 5 heteroatoms. The number of nitrogens with zero attached hydrogens (tertiary/aromatic N) is 2. The van der Waals surface area contributed by atoms with Crippen molar-refractivity contribution in [1.29, 1.82) is 0 Å². The minimum Gasteiger partial charge on any atom is -0.370 e. The van der Waals surface area contributed by atoms with E-state index in [0.717, 1.165) is 25.8 Å². The van der Waals surface area contributed by atoms with Gasteiger partial charge in [-0.3, -0.25) is 0 Å². The van der Waals surface area contributed by atoms with E-state index in [2.05, 4.69) is 29.3 Å². The van der Waals surface area contributed by atoms with Gasteiger partial charge in [-0.05, 0) is 19.8 Å². The highest BCUT2D eigenvalue weighted by atomic mass is 16.5. The Bertz CT molecular complexity index is 283. The van der Waals surface area contributed by atoms with Crippen LogP contribution in [-0.2, 0) is 4.74 Å². The predicted octanol–water partition coefficient (Wildman–Crippen LogP) is 2.77. The first-order valence-electron chi connectivity index (χ1n) is 6.00. The summed E-state index contributed by atoms with van der Waals surface area (Å²) in [7, 11) is 0. The van der Waals surface area contributed by atoms with Crippen molar-refractivity contribution in [3.63, 3.8) is 0 Å². The van der Waals surface area contributed by atoms with Crippen LogP contribution in [0.1, 0.15) is 52.0 Å². The van der Waals surface area contributed by atoms with Crippen molar-refractivity contribution in [1.82, 2.24) is 10.1 Å². The second-order valence-corrected chi connectivity index (χ2v) is 3.62. The Morgan fingerprint density at radius 2 is 2.12 bits per heavy atom. The first kappa shape index (κ1) is 13.0. The summed E-state index contributed by atoms with van der Waals surface area (Å²) < 4.78 is 10.7. The zero-order valence-electron chi connectivity index (χ0n) is 10.3. The lowest BCUT2D eigenvalue weighted by atomic mass is 10.2. The van der Waals surface area contributed by atoms with E-state index in [1.165, 1.54) is 0 Å². The fourth-order valence-electron chi connectivity index (χ4n) is 1.42. The molecular formula is C11H21N3O2. The number of rotatable bonds is 8. The van der Waals surface area contributed by atoms with Gasteiger partial charge in [-0.25, -0.2) is 0 Å². The van der Waals surface area contributed by atoms with Gasteiger partial charge in [-0.1, -0.05) is 25.4 Å².